The van der Waals surface area contributed by atoms with Gasteiger partial charge in [-0.2, -0.15) is 0 Å². The van der Waals surface area contributed by atoms with Crippen molar-refractivity contribution in [3.63, 3.8) is 0 Å². The van der Waals surface area contributed by atoms with Crippen LogP contribution < -0.4 is 10.3 Å². The normalized spacial score (nSPS) is 16.6. The Kier molecular flexibility index (Phi) is 6.66. The fraction of sp³-hybridized carbons (Fsp3) is 0.320. The second kappa shape index (κ2) is 9.78. The van der Waals surface area contributed by atoms with E-state index in [1.807, 2.05) is 24.3 Å². The number of phenols is 1. The average Bonchev–Trinajstić information content (AvgIpc) is 2.81. The van der Waals surface area contributed by atoms with Gasteiger partial charge in [0, 0.05) is 48.6 Å². The van der Waals surface area contributed by atoms with E-state index >= 15 is 0 Å². The first-order valence-electron chi connectivity index (χ1n) is 10.8. The number of nitrogens with zero attached hydrogens (tertiary/aromatic N) is 3. The first-order chi connectivity index (χ1) is 15.6. The highest BCUT2D eigenvalue weighted by Crippen LogP contribution is 2.33. The third kappa shape index (κ3) is 4.89. The minimum absolute atomic E-state index is 0.142. The Morgan fingerprint density at radius 3 is 2.88 bits per heavy atom. The molecule has 0 radical (unpaired) electrons. The maximum absolute atomic E-state index is 12.3. The van der Waals surface area contributed by atoms with Crippen LogP contribution in [0.3, 0.4) is 0 Å². The molecule has 1 aromatic carbocycles. The average molecular weight is 433 g/mol. The highest BCUT2D eigenvalue weighted by atomic mass is 16.5. The molecule has 1 aliphatic rings. The number of pyridine rings is 1. The highest BCUT2D eigenvalue weighted by molar-refractivity contribution is 5.53. The van der Waals surface area contributed by atoms with Crippen molar-refractivity contribution in [1.29, 1.82) is 0 Å². The second-order valence-corrected chi connectivity index (χ2v) is 8.13. The zero-order valence-corrected chi connectivity index (χ0v) is 18.3. The molecule has 0 spiro atoms. The van der Waals surface area contributed by atoms with Crippen molar-refractivity contribution in [2.24, 2.45) is 0 Å². The van der Waals surface area contributed by atoms with Gasteiger partial charge in [0.2, 0.25) is 0 Å². The summed E-state index contributed by atoms with van der Waals surface area (Å²) in [6.07, 6.45) is 7.75. The van der Waals surface area contributed by atoms with Crippen LogP contribution in [0.4, 0.5) is 0 Å². The van der Waals surface area contributed by atoms with Gasteiger partial charge in [-0.3, -0.25) is 14.7 Å². The number of H-pyrrole nitrogens is 1. The summed E-state index contributed by atoms with van der Waals surface area (Å²) in [6, 6.07) is 9.20. The molecule has 3 aromatic rings. The highest BCUT2D eigenvalue weighted by Gasteiger charge is 2.24. The van der Waals surface area contributed by atoms with E-state index in [1.54, 1.807) is 31.6 Å². The number of nitrogens with one attached hydrogen (secondary N) is 1. The Hall–Kier alpha value is -3.45. The van der Waals surface area contributed by atoms with Gasteiger partial charge in [0.1, 0.15) is 5.82 Å². The molecule has 2 N–H and O–H groups in total. The lowest BCUT2D eigenvalue weighted by Crippen LogP contribution is -2.34. The van der Waals surface area contributed by atoms with E-state index in [2.05, 4.69) is 21.4 Å². The number of benzene rings is 1. The molecule has 1 atom stereocenters. The molecule has 0 unspecified atom stereocenters. The predicted octanol–water partition coefficient (Wildman–Crippen LogP) is 3.65. The van der Waals surface area contributed by atoms with E-state index in [-0.39, 0.29) is 17.2 Å². The summed E-state index contributed by atoms with van der Waals surface area (Å²) in [5.74, 6) is 1.40. The Morgan fingerprint density at radius 1 is 1.31 bits per heavy atom. The van der Waals surface area contributed by atoms with Crippen LogP contribution in [-0.4, -0.2) is 45.2 Å². The van der Waals surface area contributed by atoms with Crippen LogP contribution in [0.25, 0.3) is 11.4 Å². The van der Waals surface area contributed by atoms with Gasteiger partial charge >= 0.3 is 0 Å². The zero-order chi connectivity index (χ0) is 22.5. The molecule has 0 amide bonds. The molecule has 1 fully saturated rings. The number of hydrogen-bond donors (Lipinski definition) is 2. The van der Waals surface area contributed by atoms with E-state index in [1.165, 1.54) is 0 Å². The van der Waals surface area contributed by atoms with Gasteiger partial charge < -0.3 is 14.8 Å². The largest absolute Gasteiger partial charge is 0.504 e. The molecule has 1 aliphatic heterocycles. The summed E-state index contributed by atoms with van der Waals surface area (Å²) >= 11 is 0. The number of phenolic OH excluding ortho intramolecular Hbond substituents is 1. The zero-order valence-electron chi connectivity index (χ0n) is 18.3. The number of hydrogen-bond acceptors (Lipinski definition) is 6. The molecule has 3 heterocycles. The summed E-state index contributed by atoms with van der Waals surface area (Å²) in [5, 5.41) is 10.4. The van der Waals surface area contributed by atoms with Gasteiger partial charge in [-0.25, -0.2) is 4.98 Å². The topological polar surface area (TPSA) is 91.3 Å². The molecule has 1 saturated heterocycles. The SMILES string of the molecule is C=CCc1cc(CN2CCC[C@H](c3cc(=O)[nH]c(-c4ccncc4)n3)C2)cc(OC)c1O. The number of piperidine rings is 1. The summed E-state index contributed by atoms with van der Waals surface area (Å²) in [4.78, 5) is 26.3. The molecule has 7 nitrogen and oxygen atoms in total. The summed E-state index contributed by atoms with van der Waals surface area (Å²) in [5.41, 5.74) is 3.41. The fourth-order valence-corrected chi connectivity index (χ4v) is 4.32. The molecule has 0 saturated carbocycles. The molecule has 0 bridgehead atoms. The van der Waals surface area contributed by atoms with Crippen LogP contribution in [0.2, 0.25) is 0 Å². The van der Waals surface area contributed by atoms with Crippen molar-refractivity contribution in [3.8, 4) is 22.9 Å². The molecule has 32 heavy (non-hydrogen) atoms. The first kappa shape index (κ1) is 21.8. The minimum atomic E-state index is -0.142. The Bertz CT molecular complexity index is 1140. The van der Waals surface area contributed by atoms with Crippen LogP contribution in [0.5, 0.6) is 11.5 Å². The summed E-state index contributed by atoms with van der Waals surface area (Å²) in [6.45, 7) is 6.29. The van der Waals surface area contributed by atoms with Crippen LogP contribution in [0.1, 0.15) is 35.6 Å². The number of methoxy groups -OCH3 is 1. The Labute approximate surface area is 187 Å². The van der Waals surface area contributed by atoms with Crippen molar-refractivity contribution >= 4 is 0 Å². The Morgan fingerprint density at radius 2 is 2.12 bits per heavy atom. The van der Waals surface area contributed by atoms with Gasteiger partial charge in [0.15, 0.2) is 11.5 Å². The van der Waals surface area contributed by atoms with E-state index in [4.69, 9.17) is 9.72 Å². The third-order valence-corrected chi connectivity index (χ3v) is 5.84. The van der Waals surface area contributed by atoms with Crippen molar-refractivity contribution in [2.75, 3.05) is 20.2 Å². The lowest BCUT2D eigenvalue weighted by molar-refractivity contribution is 0.198. The predicted molar refractivity (Wildman–Crippen MR) is 124 cm³/mol. The monoisotopic (exact) mass is 432 g/mol. The van der Waals surface area contributed by atoms with Crippen LogP contribution in [0, 0.1) is 0 Å². The van der Waals surface area contributed by atoms with Gasteiger partial charge in [-0.15, -0.1) is 6.58 Å². The minimum Gasteiger partial charge on any atom is -0.504 e. The summed E-state index contributed by atoms with van der Waals surface area (Å²) in [7, 11) is 1.56. The van der Waals surface area contributed by atoms with E-state index in [9.17, 15) is 9.90 Å². The van der Waals surface area contributed by atoms with Gasteiger partial charge in [0.05, 0.1) is 12.8 Å². The van der Waals surface area contributed by atoms with Gasteiger partial charge in [-0.1, -0.05) is 12.1 Å². The van der Waals surface area contributed by atoms with Crippen molar-refractivity contribution in [3.05, 3.63) is 82.6 Å². The van der Waals surface area contributed by atoms with Crippen molar-refractivity contribution < 1.29 is 9.84 Å². The van der Waals surface area contributed by atoms with Crippen LogP contribution >= 0.6 is 0 Å². The van der Waals surface area contributed by atoms with E-state index in [0.717, 1.165) is 54.9 Å². The molecule has 2 aromatic heterocycles. The van der Waals surface area contributed by atoms with Crippen LogP contribution in [-0.2, 0) is 13.0 Å². The molecule has 166 valence electrons. The quantitative estimate of drug-likeness (QED) is 0.554. The van der Waals surface area contributed by atoms with Gasteiger partial charge in [-0.05, 0) is 49.6 Å². The molecule has 7 heteroatoms. The van der Waals surface area contributed by atoms with E-state index in [0.29, 0.717) is 18.0 Å². The maximum atomic E-state index is 12.3. The lowest BCUT2D eigenvalue weighted by atomic mass is 9.93. The number of ether oxygens (including phenoxy) is 1. The standard InChI is InChI=1S/C25H28N4O3/c1-3-5-19-12-17(13-22(32-2)24(19)31)15-29-11-4-6-20(16-29)21-14-23(30)28-25(27-21)18-7-9-26-10-8-18/h3,7-10,12-14,20,31H,1,4-6,11,15-16H2,2H3,(H,27,28,30)/t20-/m0/s1. The Balaban J connectivity index is 1.55. The third-order valence-electron chi connectivity index (χ3n) is 5.84. The van der Waals surface area contributed by atoms with Crippen molar-refractivity contribution in [2.45, 2.75) is 31.7 Å². The van der Waals surface area contributed by atoms with E-state index < -0.39 is 0 Å². The maximum Gasteiger partial charge on any atom is 0.251 e. The lowest BCUT2D eigenvalue weighted by Gasteiger charge is -2.32. The molecular weight excluding hydrogens is 404 g/mol. The number of allylic oxidation sites excluding steroid dienone is 1. The number of aromatic hydroxyl groups is 1. The molecule has 0 aliphatic carbocycles. The smallest absolute Gasteiger partial charge is 0.251 e. The molecule has 4 rings (SSSR count). The first-order valence-corrected chi connectivity index (χ1v) is 10.8. The number of aromatic amines is 1. The number of rotatable bonds is 7. The van der Waals surface area contributed by atoms with Gasteiger partial charge in [0.25, 0.3) is 5.56 Å². The summed E-state index contributed by atoms with van der Waals surface area (Å²) < 4.78 is 5.37. The number of likely N-dealkylation sites (tertiary alicyclic amines) is 1. The fourth-order valence-electron chi connectivity index (χ4n) is 4.32. The van der Waals surface area contributed by atoms with Crippen molar-refractivity contribution in [1.82, 2.24) is 19.9 Å². The second-order valence-electron chi connectivity index (χ2n) is 8.13. The van der Waals surface area contributed by atoms with Crippen LogP contribution in [0.15, 0.2) is 60.2 Å². The molecular formula is C25H28N4O3. The number of aromatic nitrogens is 3.